The summed E-state index contributed by atoms with van der Waals surface area (Å²) in [5, 5.41) is 7.74. The molecule has 0 bridgehead atoms. The summed E-state index contributed by atoms with van der Waals surface area (Å²) in [6.45, 7) is 0. The van der Waals surface area contributed by atoms with Gasteiger partial charge in [0.05, 0.1) is 0 Å². The molecule has 0 amide bonds. The molecule has 0 aliphatic carbocycles. The number of hydrogen-bond donors (Lipinski definition) is 0. The van der Waals surface area contributed by atoms with E-state index in [0.717, 1.165) is 6.07 Å². The third-order valence-corrected chi connectivity index (χ3v) is 0.753. The third kappa shape index (κ3) is 2.38. The highest BCUT2D eigenvalue weighted by Gasteiger charge is 2.33. The van der Waals surface area contributed by atoms with Crippen molar-refractivity contribution >= 4 is 11.6 Å². The van der Waals surface area contributed by atoms with E-state index >= 15 is 0 Å². The molecular formula is C4HClF3N. The second-order valence-corrected chi connectivity index (χ2v) is 1.35. The van der Waals surface area contributed by atoms with E-state index in [4.69, 9.17) is 5.26 Å². The standard InChI is InChI=1S/C4HClF3N/c5-1-3(2-9)4(6,7)8/h1H/b3-1+. The van der Waals surface area contributed by atoms with Crippen LogP contribution in [0, 0.1) is 11.3 Å². The molecule has 0 rings (SSSR count). The number of alkyl halides is 3. The van der Waals surface area contributed by atoms with E-state index in [9.17, 15) is 13.2 Å². The van der Waals surface area contributed by atoms with Crippen molar-refractivity contribution in [3.63, 3.8) is 0 Å². The average Bonchev–Trinajstić information content (AvgIpc) is 1.65. The van der Waals surface area contributed by atoms with Gasteiger partial charge in [0.1, 0.15) is 11.6 Å². The van der Waals surface area contributed by atoms with Crippen LogP contribution in [-0.2, 0) is 0 Å². The van der Waals surface area contributed by atoms with E-state index in [1.165, 1.54) is 0 Å². The van der Waals surface area contributed by atoms with Gasteiger partial charge in [-0.1, -0.05) is 11.6 Å². The second kappa shape index (κ2) is 2.74. The largest absolute Gasteiger partial charge is 0.427 e. The molecule has 0 unspecified atom stereocenters. The summed E-state index contributed by atoms with van der Waals surface area (Å²) in [6, 6.07) is 0.896. The smallest absolute Gasteiger partial charge is 0.192 e. The van der Waals surface area contributed by atoms with Gasteiger partial charge in [-0.05, 0) is 0 Å². The molecule has 9 heavy (non-hydrogen) atoms. The highest BCUT2D eigenvalue weighted by Crippen LogP contribution is 2.24. The second-order valence-electron chi connectivity index (χ2n) is 1.13. The Kier molecular flexibility index (Phi) is 2.53. The Morgan fingerprint density at radius 2 is 2.00 bits per heavy atom. The van der Waals surface area contributed by atoms with Crippen molar-refractivity contribution in [1.82, 2.24) is 0 Å². The fourth-order valence-electron chi connectivity index (χ4n) is 0.150. The van der Waals surface area contributed by atoms with E-state index in [1.807, 2.05) is 0 Å². The molecule has 0 aromatic heterocycles. The lowest BCUT2D eigenvalue weighted by Gasteiger charge is -1.99. The van der Waals surface area contributed by atoms with Crippen LogP contribution in [-0.4, -0.2) is 6.18 Å². The van der Waals surface area contributed by atoms with Gasteiger partial charge in [-0.15, -0.1) is 0 Å². The molecule has 0 fully saturated rings. The summed E-state index contributed by atoms with van der Waals surface area (Å²) >= 11 is 4.65. The minimum Gasteiger partial charge on any atom is -0.192 e. The van der Waals surface area contributed by atoms with Gasteiger partial charge in [-0.25, -0.2) is 0 Å². The molecule has 0 aromatic carbocycles. The fourth-order valence-corrected chi connectivity index (χ4v) is 0.322. The molecule has 0 radical (unpaired) electrons. The highest BCUT2D eigenvalue weighted by molar-refractivity contribution is 6.26. The van der Waals surface area contributed by atoms with Gasteiger partial charge >= 0.3 is 6.18 Å². The first kappa shape index (κ1) is 8.31. The molecule has 1 nitrogen and oxygen atoms in total. The zero-order valence-electron chi connectivity index (χ0n) is 4.04. The number of allylic oxidation sites excluding steroid dienone is 1. The van der Waals surface area contributed by atoms with E-state index < -0.39 is 11.7 Å². The van der Waals surface area contributed by atoms with Crippen LogP contribution in [0.4, 0.5) is 13.2 Å². The van der Waals surface area contributed by atoms with Crippen LogP contribution >= 0.6 is 11.6 Å². The van der Waals surface area contributed by atoms with E-state index in [1.54, 1.807) is 0 Å². The Hall–Kier alpha value is -0.690. The SMILES string of the molecule is N#C/C(=C\Cl)C(F)(F)F. The molecule has 0 aromatic rings. The maximum Gasteiger partial charge on any atom is 0.427 e. The average molecular weight is 156 g/mol. The maximum absolute atomic E-state index is 11.3. The lowest BCUT2D eigenvalue weighted by Crippen LogP contribution is -2.09. The summed E-state index contributed by atoms with van der Waals surface area (Å²) in [5.41, 5.74) is -1.18. The summed E-state index contributed by atoms with van der Waals surface area (Å²) in [7, 11) is 0. The fraction of sp³-hybridized carbons (Fsp3) is 0.250. The van der Waals surface area contributed by atoms with Gasteiger partial charge in [0.25, 0.3) is 0 Å². The summed E-state index contributed by atoms with van der Waals surface area (Å²) in [4.78, 5) is 0. The Balaban J connectivity index is 4.39. The van der Waals surface area contributed by atoms with Crippen LogP contribution in [0.25, 0.3) is 0 Å². The molecular weight excluding hydrogens is 154 g/mol. The highest BCUT2D eigenvalue weighted by atomic mass is 35.5. The monoisotopic (exact) mass is 155 g/mol. The number of hydrogen-bond acceptors (Lipinski definition) is 1. The van der Waals surface area contributed by atoms with E-state index in [0.29, 0.717) is 0 Å². The molecule has 0 saturated carbocycles. The van der Waals surface area contributed by atoms with Crippen molar-refractivity contribution in [3.8, 4) is 6.07 Å². The Bertz CT molecular complexity index is 164. The quantitative estimate of drug-likeness (QED) is 0.492. The van der Waals surface area contributed by atoms with Gasteiger partial charge in [0.2, 0.25) is 0 Å². The van der Waals surface area contributed by atoms with Crippen LogP contribution in [0.1, 0.15) is 0 Å². The van der Waals surface area contributed by atoms with Crippen LogP contribution in [0.5, 0.6) is 0 Å². The van der Waals surface area contributed by atoms with Crippen LogP contribution in [0.3, 0.4) is 0 Å². The third-order valence-electron chi connectivity index (χ3n) is 0.535. The number of rotatable bonds is 0. The zero-order chi connectivity index (χ0) is 7.49. The lowest BCUT2D eigenvalue weighted by molar-refractivity contribution is -0.0871. The van der Waals surface area contributed by atoms with Gasteiger partial charge in [0, 0.05) is 5.54 Å². The minimum atomic E-state index is -4.61. The number of nitriles is 1. The molecule has 0 atom stereocenters. The normalized spacial score (nSPS) is 13.0. The summed E-state index contributed by atoms with van der Waals surface area (Å²) < 4.78 is 34.0. The minimum absolute atomic E-state index is 0.208. The zero-order valence-corrected chi connectivity index (χ0v) is 4.79. The number of halogens is 4. The predicted molar refractivity (Wildman–Crippen MR) is 25.6 cm³/mol. The van der Waals surface area contributed by atoms with Gasteiger partial charge in [-0.3, -0.25) is 0 Å². The van der Waals surface area contributed by atoms with Crippen molar-refractivity contribution in [1.29, 1.82) is 5.26 Å². The molecule has 0 aliphatic heterocycles. The first-order valence-corrected chi connectivity index (χ1v) is 2.23. The van der Waals surface area contributed by atoms with E-state index in [-0.39, 0.29) is 5.54 Å². The topological polar surface area (TPSA) is 23.8 Å². The predicted octanol–water partition coefficient (Wildman–Crippen LogP) is 2.19. The van der Waals surface area contributed by atoms with Gasteiger partial charge in [-0.2, -0.15) is 18.4 Å². The maximum atomic E-state index is 11.3. The first-order chi connectivity index (χ1) is 4.02. The molecule has 0 saturated heterocycles. The molecule has 0 aliphatic rings. The van der Waals surface area contributed by atoms with Crippen LogP contribution < -0.4 is 0 Å². The first-order valence-electron chi connectivity index (χ1n) is 1.80. The molecule has 0 N–H and O–H groups in total. The van der Waals surface area contributed by atoms with Crippen LogP contribution in [0.15, 0.2) is 11.1 Å². The Labute approximate surface area is 54.3 Å². The summed E-state index contributed by atoms with van der Waals surface area (Å²) in [6.07, 6.45) is -4.61. The number of nitrogens with zero attached hydrogens (tertiary/aromatic N) is 1. The Morgan fingerprint density at radius 1 is 1.56 bits per heavy atom. The van der Waals surface area contributed by atoms with Crippen molar-refractivity contribution in [2.45, 2.75) is 6.18 Å². The Morgan fingerprint density at radius 3 is 2.00 bits per heavy atom. The van der Waals surface area contributed by atoms with Crippen molar-refractivity contribution in [3.05, 3.63) is 11.1 Å². The molecule has 0 heterocycles. The molecule has 5 heteroatoms. The summed E-state index contributed by atoms with van der Waals surface area (Å²) in [5.74, 6) is 0. The van der Waals surface area contributed by atoms with Gasteiger partial charge < -0.3 is 0 Å². The van der Waals surface area contributed by atoms with E-state index in [2.05, 4.69) is 11.6 Å². The van der Waals surface area contributed by atoms with Crippen LogP contribution in [0.2, 0.25) is 0 Å². The molecule has 50 valence electrons. The van der Waals surface area contributed by atoms with Gasteiger partial charge in [0.15, 0.2) is 0 Å². The van der Waals surface area contributed by atoms with Crippen molar-refractivity contribution in [2.24, 2.45) is 0 Å². The van der Waals surface area contributed by atoms with Crippen molar-refractivity contribution in [2.75, 3.05) is 0 Å². The van der Waals surface area contributed by atoms with Crippen molar-refractivity contribution < 1.29 is 13.2 Å². The molecule has 0 spiro atoms. The lowest BCUT2D eigenvalue weighted by atomic mass is 10.3.